The van der Waals surface area contributed by atoms with Gasteiger partial charge < -0.3 is 10.1 Å². The van der Waals surface area contributed by atoms with E-state index in [9.17, 15) is 31.1 Å². The molecule has 0 aromatic heterocycles. The van der Waals surface area contributed by atoms with Crippen molar-refractivity contribution in [3.8, 4) is 5.75 Å². The lowest BCUT2D eigenvalue weighted by molar-refractivity contribution is -0.143. The Kier molecular flexibility index (Phi) is 5.51. The fraction of sp³-hybridized carbons (Fsp3) is 0.350. The second-order valence-electron chi connectivity index (χ2n) is 6.91. The number of alkyl halides is 6. The molecule has 29 heavy (non-hydrogen) atoms. The Morgan fingerprint density at radius 1 is 1.03 bits per heavy atom. The molecule has 2 aromatic rings. The minimum atomic E-state index is -5.01. The van der Waals surface area contributed by atoms with Crippen molar-refractivity contribution >= 4 is 5.91 Å². The first-order valence-electron chi connectivity index (χ1n) is 8.78. The summed E-state index contributed by atoms with van der Waals surface area (Å²) < 4.78 is 83.1. The number of carbonyl (C=O) groups excluding carboxylic acids is 1. The van der Waals surface area contributed by atoms with Crippen LogP contribution in [-0.4, -0.2) is 18.6 Å². The van der Waals surface area contributed by atoms with E-state index < -0.39 is 41.0 Å². The third-order valence-electron chi connectivity index (χ3n) is 4.52. The van der Waals surface area contributed by atoms with Crippen LogP contribution in [0.4, 0.5) is 26.3 Å². The Hall–Kier alpha value is -2.71. The molecule has 156 valence electrons. The van der Waals surface area contributed by atoms with Crippen LogP contribution in [-0.2, 0) is 25.2 Å². The Labute approximate surface area is 162 Å². The molecule has 3 nitrogen and oxygen atoms in total. The Bertz CT molecular complexity index is 888. The lowest BCUT2D eigenvalue weighted by Crippen LogP contribution is -2.34. The van der Waals surface area contributed by atoms with E-state index in [1.807, 2.05) is 6.07 Å². The standard InChI is InChI=1S/C20H17F6NO2/c1-11(6-12-2-3-17-13(7-12)4-5-29-17)27-18(28)14-8-15(19(21,22)23)10-16(9-14)20(24,25)26/h2-3,7-11H,4-6H2,1H3,(H,27,28). The SMILES string of the molecule is CC(Cc1ccc2c(c1)CCO2)NC(=O)c1cc(C(F)(F)F)cc(C(F)(F)F)c1. The van der Waals surface area contributed by atoms with Crippen LogP contribution >= 0.6 is 0 Å². The molecule has 0 saturated heterocycles. The van der Waals surface area contributed by atoms with E-state index >= 15 is 0 Å². The fourth-order valence-electron chi connectivity index (χ4n) is 3.16. The van der Waals surface area contributed by atoms with Crippen LogP contribution in [0, 0.1) is 0 Å². The highest BCUT2D eigenvalue weighted by molar-refractivity contribution is 5.94. The highest BCUT2D eigenvalue weighted by Gasteiger charge is 2.37. The van der Waals surface area contributed by atoms with Crippen LogP contribution in [0.3, 0.4) is 0 Å². The van der Waals surface area contributed by atoms with Gasteiger partial charge in [-0.25, -0.2) is 0 Å². The Balaban J connectivity index is 1.77. The lowest BCUT2D eigenvalue weighted by atomic mass is 10.0. The third kappa shape index (κ3) is 5.02. The smallest absolute Gasteiger partial charge is 0.416 e. The molecule has 1 N–H and O–H groups in total. The molecule has 0 bridgehead atoms. The first-order valence-corrected chi connectivity index (χ1v) is 8.78. The molecule has 1 aliphatic heterocycles. The fourth-order valence-corrected chi connectivity index (χ4v) is 3.16. The van der Waals surface area contributed by atoms with Crippen LogP contribution in [0.15, 0.2) is 36.4 Å². The minimum absolute atomic E-state index is 0.00712. The second-order valence-corrected chi connectivity index (χ2v) is 6.91. The summed E-state index contributed by atoms with van der Waals surface area (Å²) in [4.78, 5) is 12.3. The maximum absolute atomic E-state index is 12.9. The summed E-state index contributed by atoms with van der Waals surface area (Å²) in [5.41, 5.74) is -1.84. The largest absolute Gasteiger partial charge is 0.493 e. The van der Waals surface area contributed by atoms with Crippen LogP contribution in [0.25, 0.3) is 0 Å². The van der Waals surface area contributed by atoms with E-state index in [4.69, 9.17) is 4.74 Å². The number of carbonyl (C=O) groups is 1. The van der Waals surface area contributed by atoms with E-state index in [-0.39, 0.29) is 6.07 Å². The monoisotopic (exact) mass is 417 g/mol. The molecule has 2 aromatic carbocycles. The van der Waals surface area contributed by atoms with Gasteiger partial charge in [0, 0.05) is 18.0 Å². The highest BCUT2D eigenvalue weighted by atomic mass is 19.4. The van der Waals surface area contributed by atoms with E-state index in [0.29, 0.717) is 25.2 Å². The van der Waals surface area contributed by atoms with E-state index in [0.717, 1.165) is 23.3 Å². The number of rotatable bonds is 4. The summed E-state index contributed by atoms with van der Waals surface area (Å²) >= 11 is 0. The molecule has 0 aliphatic carbocycles. The number of benzene rings is 2. The molecule has 0 fully saturated rings. The van der Waals surface area contributed by atoms with E-state index in [2.05, 4.69) is 5.32 Å². The zero-order valence-corrected chi connectivity index (χ0v) is 15.2. The Morgan fingerprint density at radius 2 is 1.66 bits per heavy atom. The number of halogens is 6. The Morgan fingerprint density at radius 3 is 2.24 bits per heavy atom. The molecule has 0 spiro atoms. The number of nitrogens with one attached hydrogen (secondary N) is 1. The quantitative estimate of drug-likeness (QED) is 0.710. The number of hydrogen-bond acceptors (Lipinski definition) is 2. The molecule has 3 rings (SSSR count). The molecule has 1 amide bonds. The van der Waals surface area contributed by atoms with Gasteiger partial charge in [-0.05, 0) is 48.7 Å². The maximum atomic E-state index is 12.9. The van der Waals surface area contributed by atoms with Crippen LogP contribution in [0.1, 0.15) is 39.5 Å². The van der Waals surface area contributed by atoms with Gasteiger partial charge in [0.2, 0.25) is 0 Å². The van der Waals surface area contributed by atoms with Gasteiger partial charge in [-0.1, -0.05) is 12.1 Å². The molecule has 1 heterocycles. The first kappa shape index (κ1) is 21.0. The predicted molar refractivity (Wildman–Crippen MR) is 92.7 cm³/mol. The molecule has 1 aliphatic rings. The van der Waals surface area contributed by atoms with Gasteiger partial charge in [0.15, 0.2) is 0 Å². The molecule has 0 saturated carbocycles. The van der Waals surface area contributed by atoms with Crippen LogP contribution in [0.5, 0.6) is 5.75 Å². The molecule has 9 heteroatoms. The van der Waals surface area contributed by atoms with Crippen molar-refractivity contribution in [2.24, 2.45) is 0 Å². The van der Waals surface area contributed by atoms with Crippen molar-refractivity contribution in [3.05, 3.63) is 64.2 Å². The first-order chi connectivity index (χ1) is 13.4. The summed E-state index contributed by atoms with van der Waals surface area (Å²) in [6, 6.07) is 5.84. The van der Waals surface area contributed by atoms with Gasteiger partial charge in [-0.15, -0.1) is 0 Å². The summed E-state index contributed by atoms with van der Waals surface area (Å²) in [6.45, 7) is 2.21. The average molecular weight is 417 g/mol. The number of fused-ring (bicyclic) bond motifs is 1. The molecular weight excluding hydrogens is 400 g/mol. The van der Waals surface area contributed by atoms with Gasteiger partial charge >= 0.3 is 12.4 Å². The van der Waals surface area contributed by atoms with Gasteiger partial charge in [0.05, 0.1) is 17.7 Å². The zero-order valence-electron chi connectivity index (χ0n) is 15.2. The van der Waals surface area contributed by atoms with Crippen LogP contribution in [0.2, 0.25) is 0 Å². The average Bonchev–Trinajstić information content (AvgIpc) is 3.07. The van der Waals surface area contributed by atoms with Crippen molar-refractivity contribution in [2.75, 3.05) is 6.61 Å². The normalized spacial score (nSPS) is 14.9. The predicted octanol–water partition coefficient (Wildman–Crippen LogP) is 5.02. The summed E-state index contributed by atoms with van der Waals surface area (Å²) in [5, 5.41) is 2.46. The summed E-state index contributed by atoms with van der Waals surface area (Å²) in [7, 11) is 0. The van der Waals surface area contributed by atoms with Crippen LogP contribution < -0.4 is 10.1 Å². The van der Waals surface area contributed by atoms with Gasteiger partial charge in [0.25, 0.3) is 5.91 Å². The lowest BCUT2D eigenvalue weighted by Gasteiger charge is -2.17. The van der Waals surface area contributed by atoms with Crippen molar-refractivity contribution in [1.29, 1.82) is 0 Å². The minimum Gasteiger partial charge on any atom is -0.493 e. The zero-order chi connectivity index (χ0) is 21.4. The van der Waals surface area contributed by atoms with Gasteiger partial charge in [-0.2, -0.15) is 26.3 Å². The molecular formula is C20H17F6NO2. The number of amides is 1. The number of ether oxygens (including phenoxy) is 1. The molecule has 1 atom stereocenters. The van der Waals surface area contributed by atoms with Gasteiger partial charge in [0.1, 0.15) is 5.75 Å². The molecule has 0 radical (unpaired) electrons. The second kappa shape index (κ2) is 7.61. The third-order valence-corrected chi connectivity index (χ3v) is 4.52. The summed E-state index contributed by atoms with van der Waals surface area (Å²) in [5.74, 6) is -0.215. The van der Waals surface area contributed by atoms with Crippen molar-refractivity contribution in [1.82, 2.24) is 5.32 Å². The van der Waals surface area contributed by atoms with E-state index in [1.54, 1.807) is 19.1 Å². The topological polar surface area (TPSA) is 38.3 Å². The maximum Gasteiger partial charge on any atom is 0.416 e. The van der Waals surface area contributed by atoms with Gasteiger partial charge in [-0.3, -0.25) is 4.79 Å². The van der Waals surface area contributed by atoms with Crippen molar-refractivity contribution < 1.29 is 35.9 Å². The summed E-state index contributed by atoms with van der Waals surface area (Å²) in [6.07, 6.45) is -8.89. The molecule has 1 unspecified atom stereocenters. The van der Waals surface area contributed by atoms with Crippen molar-refractivity contribution in [3.63, 3.8) is 0 Å². The highest BCUT2D eigenvalue weighted by Crippen LogP contribution is 2.36. The van der Waals surface area contributed by atoms with Crippen molar-refractivity contribution in [2.45, 2.75) is 38.2 Å². The van der Waals surface area contributed by atoms with E-state index in [1.165, 1.54) is 0 Å². The number of hydrogen-bond donors (Lipinski definition) is 1.